The normalized spacial score (nSPS) is 12.6. The standard InChI is InChI=1S/C13H17O6P/c1-9(2)13(14)18-10(3)8-11-6-4-5-7-12(11)19-20(15,16)17/h4-7,10H,1,8H2,2-3H3,(H2,15,16,17). The molecule has 20 heavy (non-hydrogen) atoms. The number of benzene rings is 1. The van der Waals surface area contributed by atoms with Crippen LogP contribution in [0.4, 0.5) is 0 Å². The summed E-state index contributed by atoms with van der Waals surface area (Å²) in [6, 6.07) is 6.39. The molecule has 6 nitrogen and oxygen atoms in total. The van der Waals surface area contributed by atoms with Crippen LogP contribution in [0, 0.1) is 0 Å². The van der Waals surface area contributed by atoms with E-state index < -0.39 is 19.9 Å². The van der Waals surface area contributed by atoms with Crippen LogP contribution in [-0.2, 0) is 20.5 Å². The molecule has 0 fully saturated rings. The molecule has 1 rings (SSSR count). The van der Waals surface area contributed by atoms with E-state index >= 15 is 0 Å². The lowest BCUT2D eigenvalue weighted by atomic mass is 10.1. The highest BCUT2D eigenvalue weighted by atomic mass is 31.2. The maximum absolute atomic E-state index is 11.4. The van der Waals surface area contributed by atoms with Crippen molar-refractivity contribution in [3.63, 3.8) is 0 Å². The Bertz CT molecular complexity index is 548. The van der Waals surface area contributed by atoms with Gasteiger partial charge in [-0.15, -0.1) is 0 Å². The SMILES string of the molecule is C=C(C)C(=O)OC(C)Cc1ccccc1OP(=O)(O)O. The Morgan fingerprint density at radius 1 is 1.40 bits per heavy atom. The molecule has 1 aromatic carbocycles. The van der Waals surface area contributed by atoms with Gasteiger partial charge in [0.15, 0.2) is 0 Å². The Hall–Kier alpha value is -1.62. The average molecular weight is 300 g/mol. The molecule has 0 bridgehead atoms. The molecule has 0 radical (unpaired) electrons. The molecular weight excluding hydrogens is 283 g/mol. The van der Waals surface area contributed by atoms with E-state index in [2.05, 4.69) is 11.1 Å². The third kappa shape index (κ3) is 5.57. The summed E-state index contributed by atoms with van der Waals surface area (Å²) in [5.41, 5.74) is 0.828. The topological polar surface area (TPSA) is 93.1 Å². The maximum Gasteiger partial charge on any atom is 0.524 e. The summed E-state index contributed by atoms with van der Waals surface area (Å²) in [6.45, 7) is 6.70. The minimum atomic E-state index is -4.62. The van der Waals surface area contributed by atoms with Gasteiger partial charge in [-0.1, -0.05) is 24.8 Å². The molecule has 0 aliphatic heterocycles. The molecule has 0 saturated heterocycles. The van der Waals surface area contributed by atoms with Crippen molar-refractivity contribution in [2.24, 2.45) is 0 Å². The van der Waals surface area contributed by atoms with Crippen molar-refractivity contribution >= 4 is 13.8 Å². The van der Waals surface area contributed by atoms with Gasteiger partial charge in [0.1, 0.15) is 11.9 Å². The lowest BCUT2D eigenvalue weighted by molar-refractivity contribution is -0.143. The van der Waals surface area contributed by atoms with Gasteiger partial charge in [-0.2, -0.15) is 0 Å². The zero-order valence-corrected chi connectivity index (χ0v) is 12.2. The van der Waals surface area contributed by atoms with Gasteiger partial charge >= 0.3 is 13.8 Å². The average Bonchev–Trinajstić information content (AvgIpc) is 2.29. The Labute approximate surface area is 117 Å². The second-order valence-corrected chi connectivity index (χ2v) is 5.55. The number of carbonyl (C=O) groups is 1. The molecule has 0 aromatic heterocycles. The smallest absolute Gasteiger partial charge is 0.459 e. The molecule has 0 heterocycles. The maximum atomic E-state index is 11.4. The van der Waals surface area contributed by atoms with E-state index in [-0.39, 0.29) is 17.7 Å². The first-order valence-corrected chi connectivity index (χ1v) is 7.41. The number of hydrogen-bond acceptors (Lipinski definition) is 4. The van der Waals surface area contributed by atoms with E-state index in [0.717, 1.165) is 0 Å². The van der Waals surface area contributed by atoms with Gasteiger partial charge in [0, 0.05) is 12.0 Å². The van der Waals surface area contributed by atoms with Crippen LogP contribution in [-0.4, -0.2) is 21.9 Å². The molecule has 7 heteroatoms. The first-order valence-electron chi connectivity index (χ1n) is 5.88. The van der Waals surface area contributed by atoms with E-state index in [1.165, 1.54) is 6.07 Å². The van der Waals surface area contributed by atoms with Crippen molar-refractivity contribution < 1.29 is 28.4 Å². The number of para-hydroxylation sites is 1. The number of rotatable bonds is 6. The van der Waals surface area contributed by atoms with E-state index in [4.69, 9.17) is 14.5 Å². The molecule has 1 atom stereocenters. The number of ether oxygens (including phenoxy) is 1. The predicted octanol–water partition coefficient (Wildman–Crippen LogP) is 2.21. The molecule has 1 aromatic rings. The third-order valence-electron chi connectivity index (χ3n) is 2.35. The highest BCUT2D eigenvalue weighted by molar-refractivity contribution is 7.46. The molecule has 0 spiro atoms. The molecular formula is C13H17O6P. The van der Waals surface area contributed by atoms with Crippen molar-refractivity contribution in [2.45, 2.75) is 26.4 Å². The summed E-state index contributed by atoms with van der Waals surface area (Å²) in [4.78, 5) is 29.1. The Kier molecular flexibility index (Phi) is 5.51. The fourth-order valence-electron chi connectivity index (χ4n) is 1.52. The number of hydrogen-bond donors (Lipinski definition) is 2. The van der Waals surface area contributed by atoms with Gasteiger partial charge in [-0.05, 0) is 25.5 Å². The van der Waals surface area contributed by atoms with Gasteiger partial charge in [-0.3, -0.25) is 9.79 Å². The molecule has 0 saturated carbocycles. The van der Waals surface area contributed by atoms with Crippen LogP contribution >= 0.6 is 7.82 Å². The number of esters is 1. The van der Waals surface area contributed by atoms with Crippen molar-refractivity contribution in [1.29, 1.82) is 0 Å². The van der Waals surface area contributed by atoms with Crippen LogP contribution < -0.4 is 4.52 Å². The Balaban J connectivity index is 2.79. The summed E-state index contributed by atoms with van der Waals surface area (Å²) in [6.07, 6.45) is -0.199. The molecule has 0 amide bonds. The van der Waals surface area contributed by atoms with Gasteiger partial charge in [0.05, 0.1) is 0 Å². The largest absolute Gasteiger partial charge is 0.524 e. The van der Waals surface area contributed by atoms with Crippen molar-refractivity contribution in [1.82, 2.24) is 0 Å². The zero-order chi connectivity index (χ0) is 15.3. The minimum Gasteiger partial charge on any atom is -0.459 e. The lowest BCUT2D eigenvalue weighted by Crippen LogP contribution is -2.18. The first kappa shape index (κ1) is 16.4. The van der Waals surface area contributed by atoms with Gasteiger partial charge < -0.3 is 9.26 Å². The fourth-order valence-corrected chi connectivity index (χ4v) is 1.96. The summed E-state index contributed by atoms with van der Waals surface area (Å²) >= 11 is 0. The minimum absolute atomic E-state index is 0.0686. The second kappa shape index (κ2) is 6.70. The van der Waals surface area contributed by atoms with E-state index in [0.29, 0.717) is 5.56 Å². The van der Waals surface area contributed by atoms with E-state index in [1.54, 1.807) is 32.0 Å². The number of phosphoric ester groups is 1. The van der Waals surface area contributed by atoms with E-state index in [9.17, 15) is 9.36 Å². The first-order chi connectivity index (χ1) is 9.19. The van der Waals surface area contributed by atoms with Crippen LogP contribution in [0.3, 0.4) is 0 Å². The molecule has 0 aliphatic carbocycles. The molecule has 2 N–H and O–H groups in total. The van der Waals surface area contributed by atoms with Crippen molar-refractivity contribution in [3.05, 3.63) is 42.0 Å². The Morgan fingerprint density at radius 2 is 2.00 bits per heavy atom. The summed E-state index contributed by atoms with van der Waals surface area (Å²) in [5, 5.41) is 0. The lowest BCUT2D eigenvalue weighted by Gasteiger charge is -2.16. The van der Waals surface area contributed by atoms with Crippen molar-refractivity contribution in [3.8, 4) is 5.75 Å². The number of carbonyl (C=O) groups excluding carboxylic acids is 1. The monoisotopic (exact) mass is 300 g/mol. The number of phosphoric acid groups is 1. The van der Waals surface area contributed by atoms with Gasteiger partial charge in [0.25, 0.3) is 0 Å². The van der Waals surface area contributed by atoms with Crippen LogP contribution in [0.5, 0.6) is 5.75 Å². The van der Waals surface area contributed by atoms with Crippen LogP contribution in [0.2, 0.25) is 0 Å². The predicted molar refractivity (Wildman–Crippen MR) is 73.2 cm³/mol. The molecule has 1 unspecified atom stereocenters. The summed E-state index contributed by atoms with van der Waals surface area (Å²) in [7, 11) is -4.62. The van der Waals surface area contributed by atoms with E-state index in [1.807, 2.05) is 0 Å². The molecule has 0 aliphatic rings. The van der Waals surface area contributed by atoms with Crippen LogP contribution in [0.1, 0.15) is 19.4 Å². The Morgan fingerprint density at radius 3 is 2.55 bits per heavy atom. The highest BCUT2D eigenvalue weighted by Crippen LogP contribution is 2.39. The quantitative estimate of drug-likeness (QED) is 0.475. The second-order valence-electron chi connectivity index (χ2n) is 4.39. The van der Waals surface area contributed by atoms with Gasteiger partial charge in [-0.25, -0.2) is 9.36 Å². The van der Waals surface area contributed by atoms with Crippen LogP contribution in [0.25, 0.3) is 0 Å². The fraction of sp³-hybridized carbons (Fsp3) is 0.308. The van der Waals surface area contributed by atoms with Crippen molar-refractivity contribution in [2.75, 3.05) is 0 Å². The zero-order valence-electron chi connectivity index (χ0n) is 11.3. The van der Waals surface area contributed by atoms with Gasteiger partial charge in [0.2, 0.25) is 0 Å². The molecule has 110 valence electrons. The highest BCUT2D eigenvalue weighted by Gasteiger charge is 2.19. The summed E-state index contributed by atoms with van der Waals surface area (Å²) in [5.74, 6) is -0.440. The summed E-state index contributed by atoms with van der Waals surface area (Å²) < 4.78 is 20.6. The third-order valence-corrected chi connectivity index (χ3v) is 2.79. The van der Waals surface area contributed by atoms with Crippen LogP contribution in [0.15, 0.2) is 36.4 Å².